The lowest BCUT2D eigenvalue weighted by molar-refractivity contribution is -0.126. The van der Waals surface area contributed by atoms with Gasteiger partial charge in [0.1, 0.15) is 5.75 Å². The topological polar surface area (TPSA) is 50.4 Å². The number of carbonyl (C=O) groups excluding carboxylic acids is 1. The van der Waals surface area contributed by atoms with Crippen LogP contribution in [0.2, 0.25) is 0 Å². The molecular weight excluding hydrogens is 261 g/mol. The van der Waals surface area contributed by atoms with Gasteiger partial charge in [-0.15, -0.1) is 0 Å². The van der Waals surface area contributed by atoms with E-state index in [1.54, 1.807) is 18.2 Å². The Balaban J connectivity index is 2.55. The van der Waals surface area contributed by atoms with Crippen molar-refractivity contribution in [2.24, 2.45) is 0 Å². The number of rotatable bonds is 5. The maximum absolute atomic E-state index is 11.9. The second kappa shape index (κ2) is 6.42. The first-order chi connectivity index (χ1) is 8.81. The molecule has 0 unspecified atom stereocenters. The third-order valence-electron chi connectivity index (χ3n) is 2.24. The average Bonchev–Trinajstić information content (AvgIpc) is 2.27. The van der Waals surface area contributed by atoms with E-state index in [0.29, 0.717) is 11.4 Å². The van der Waals surface area contributed by atoms with E-state index in [4.69, 9.17) is 4.74 Å². The molecule has 0 radical (unpaired) electrons. The summed E-state index contributed by atoms with van der Waals surface area (Å²) in [6.07, 6.45) is -4.33. The minimum atomic E-state index is -4.33. The molecule has 0 bridgehead atoms. The van der Waals surface area contributed by atoms with Crippen molar-refractivity contribution in [3.8, 4) is 5.75 Å². The molecule has 0 aromatic heterocycles. The van der Waals surface area contributed by atoms with E-state index < -0.39 is 25.2 Å². The predicted octanol–water partition coefficient (Wildman–Crippen LogP) is 2.09. The van der Waals surface area contributed by atoms with Gasteiger partial charge in [0.2, 0.25) is 5.91 Å². The monoisotopic (exact) mass is 276 g/mol. The van der Waals surface area contributed by atoms with Crippen molar-refractivity contribution in [1.29, 1.82) is 0 Å². The molecule has 0 fully saturated rings. The van der Waals surface area contributed by atoms with Crippen LogP contribution < -0.4 is 15.4 Å². The molecule has 1 aromatic rings. The lowest BCUT2D eigenvalue weighted by atomic mass is 10.2. The fourth-order valence-corrected chi connectivity index (χ4v) is 1.43. The van der Waals surface area contributed by atoms with Crippen LogP contribution in [0.1, 0.15) is 5.56 Å². The van der Waals surface area contributed by atoms with Crippen LogP contribution in [-0.4, -0.2) is 32.3 Å². The second-order valence-electron chi connectivity index (χ2n) is 3.97. The number of anilines is 1. The van der Waals surface area contributed by atoms with Gasteiger partial charge in [-0.2, -0.15) is 13.2 Å². The summed E-state index contributed by atoms with van der Waals surface area (Å²) in [5, 5.41) is 4.51. The van der Waals surface area contributed by atoms with Gasteiger partial charge in [0.05, 0.1) is 25.9 Å². The molecule has 106 valence electrons. The number of hydrogen-bond donors (Lipinski definition) is 2. The SMILES string of the molecule is COc1ccc(C)cc1NC(=O)CNCC(F)(F)F. The van der Waals surface area contributed by atoms with Crippen LogP contribution in [0.4, 0.5) is 18.9 Å². The van der Waals surface area contributed by atoms with Crippen molar-refractivity contribution < 1.29 is 22.7 Å². The summed E-state index contributed by atoms with van der Waals surface area (Å²) in [6.45, 7) is 0.207. The highest BCUT2D eigenvalue weighted by molar-refractivity contribution is 5.93. The fraction of sp³-hybridized carbons (Fsp3) is 0.417. The molecule has 0 spiro atoms. The van der Waals surface area contributed by atoms with Gasteiger partial charge in [-0.3, -0.25) is 4.79 Å². The molecule has 1 rings (SSSR count). The third kappa shape index (κ3) is 5.60. The van der Waals surface area contributed by atoms with E-state index in [-0.39, 0.29) is 0 Å². The van der Waals surface area contributed by atoms with Gasteiger partial charge in [0, 0.05) is 0 Å². The smallest absolute Gasteiger partial charge is 0.401 e. The van der Waals surface area contributed by atoms with Crippen LogP contribution in [-0.2, 0) is 4.79 Å². The van der Waals surface area contributed by atoms with Crippen molar-refractivity contribution >= 4 is 11.6 Å². The van der Waals surface area contributed by atoms with Crippen LogP contribution in [0.3, 0.4) is 0 Å². The molecule has 4 nitrogen and oxygen atoms in total. The third-order valence-corrected chi connectivity index (χ3v) is 2.24. The van der Waals surface area contributed by atoms with Crippen molar-refractivity contribution in [2.45, 2.75) is 13.1 Å². The molecule has 0 heterocycles. The lowest BCUT2D eigenvalue weighted by Crippen LogP contribution is -2.35. The Labute approximate surface area is 108 Å². The van der Waals surface area contributed by atoms with Crippen LogP contribution in [0.25, 0.3) is 0 Å². The number of methoxy groups -OCH3 is 1. The average molecular weight is 276 g/mol. The molecule has 0 saturated heterocycles. The van der Waals surface area contributed by atoms with Crippen LogP contribution >= 0.6 is 0 Å². The Hall–Kier alpha value is -1.76. The lowest BCUT2D eigenvalue weighted by Gasteiger charge is -2.12. The van der Waals surface area contributed by atoms with Gasteiger partial charge in [0.15, 0.2) is 0 Å². The zero-order valence-electron chi connectivity index (χ0n) is 10.6. The van der Waals surface area contributed by atoms with Crippen LogP contribution in [0, 0.1) is 6.92 Å². The van der Waals surface area contributed by atoms with E-state index in [0.717, 1.165) is 5.56 Å². The second-order valence-corrected chi connectivity index (χ2v) is 3.97. The molecule has 1 aromatic carbocycles. The predicted molar refractivity (Wildman–Crippen MR) is 65.3 cm³/mol. The van der Waals surface area contributed by atoms with E-state index >= 15 is 0 Å². The Morgan fingerprint density at radius 2 is 2.05 bits per heavy atom. The highest BCUT2D eigenvalue weighted by atomic mass is 19.4. The normalized spacial score (nSPS) is 11.2. The number of amides is 1. The van der Waals surface area contributed by atoms with E-state index in [1.807, 2.05) is 12.2 Å². The molecule has 19 heavy (non-hydrogen) atoms. The summed E-state index contributed by atoms with van der Waals surface area (Å²) in [5.41, 5.74) is 1.33. The molecule has 0 aliphatic heterocycles. The number of halogens is 3. The molecule has 0 saturated carbocycles. The number of benzene rings is 1. The molecule has 2 N–H and O–H groups in total. The van der Waals surface area contributed by atoms with E-state index in [9.17, 15) is 18.0 Å². The quantitative estimate of drug-likeness (QED) is 0.866. The van der Waals surface area contributed by atoms with Crippen molar-refractivity contribution in [1.82, 2.24) is 5.32 Å². The minimum absolute atomic E-state index is 0.420. The van der Waals surface area contributed by atoms with Crippen LogP contribution in [0.15, 0.2) is 18.2 Å². The zero-order valence-corrected chi connectivity index (χ0v) is 10.6. The number of hydrogen-bond acceptors (Lipinski definition) is 3. The zero-order chi connectivity index (χ0) is 14.5. The molecule has 0 atom stereocenters. The first kappa shape index (κ1) is 15.3. The number of aryl methyl sites for hydroxylation is 1. The van der Waals surface area contributed by atoms with Gasteiger partial charge in [-0.05, 0) is 24.6 Å². The maximum Gasteiger partial charge on any atom is 0.401 e. The van der Waals surface area contributed by atoms with Gasteiger partial charge < -0.3 is 15.4 Å². The van der Waals surface area contributed by atoms with Crippen LogP contribution in [0.5, 0.6) is 5.75 Å². The van der Waals surface area contributed by atoms with Crippen molar-refractivity contribution in [3.05, 3.63) is 23.8 Å². The van der Waals surface area contributed by atoms with E-state index in [2.05, 4.69) is 5.32 Å². The highest BCUT2D eigenvalue weighted by Gasteiger charge is 2.26. The number of nitrogens with one attached hydrogen (secondary N) is 2. The van der Waals surface area contributed by atoms with E-state index in [1.165, 1.54) is 7.11 Å². The number of carbonyl (C=O) groups is 1. The Morgan fingerprint density at radius 3 is 2.63 bits per heavy atom. The molecule has 0 aliphatic rings. The fourth-order valence-electron chi connectivity index (χ4n) is 1.43. The Kier molecular flexibility index (Phi) is 5.17. The summed E-state index contributed by atoms with van der Waals surface area (Å²) in [4.78, 5) is 11.5. The summed E-state index contributed by atoms with van der Waals surface area (Å²) >= 11 is 0. The Bertz CT molecular complexity index is 447. The number of alkyl halides is 3. The minimum Gasteiger partial charge on any atom is -0.495 e. The largest absolute Gasteiger partial charge is 0.495 e. The van der Waals surface area contributed by atoms with Gasteiger partial charge in [-0.25, -0.2) is 0 Å². The molecular formula is C12H15F3N2O2. The summed E-state index contributed by atoms with van der Waals surface area (Å²) in [7, 11) is 1.45. The first-order valence-electron chi connectivity index (χ1n) is 5.54. The Morgan fingerprint density at radius 1 is 1.37 bits per heavy atom. The summed E-state index contributed by atoms with van der Waals surface area (Å²) < 4.78 is 40.7. The maximum atomic E-state index is 11.9. The van der Waals surface area contributed by atoms with Gasteiger partial charge in [-0.1, -0.05) is 6.07 Å². The molecule has 7 heteroatoms. The highest BCUT2D eigenvalue weighted by Crippen LogP contribution is 2.24. The molecule has 1 amide bonds. The van der Waals surface area contributed by atoms with Crippen molar-refractivity contribution in [3.63, 3.8) is 0 Å². The summed E-state index contributed by atoms with van der Waals surface area (Å²) in [5.74, 6) is -0.108. The van der Waals surface area contributed by atoms with Gasteiger partial charge in [0.25, 0.3) is 0 Å². The van der Waals surface area contributed by atoms with Gasteiger partial charge >= 0.3 is 6.18 Å². The standard InChI is InChI=1S/C12H15F3N2O2/c1-8-3-4-10(19-2)9(5-8)17-11(18)6-16-7-12(13,14)15/h3-5,16H,6-7H2,1-2H3,(H,17,18). The number of ether oxygens (including phenoxy) is 1. The van der Waals surface area contributed by atoms with Crippen molar-refractivity contribution in [2.75, 3.05) is 25.5 Å². The first-order valence-corrected chi connectivity index (χ1v) is 5.54. The molecule has 0 aliphatic carbocycles. The summed E-state index contributed by atoms with van der Waals surface area (Å²) in [6, 6.07) is 5.16.